The fourth-order valence-electron chi connectivity index (χ4n) is 9.17. The molecular weight excluding hydrogens is 767 g/mol. The number of aliphatic hydroxyl groups is 1. The lowest BCUT2D eigenvalue weighted by molar-refractivity contribution is -0.192. The number of aliphatic carboxylic acids is 1. The van der Waals surface area contributed by atoms with E-state index in [1.54, 1.807) is 25.3 Å². The first kappa shape index (κ1) is 45.7. The summed E-state index contributed by atoms with van der Waals surface area (Å²) in [6.45, 7) is 3.02. The van der Waals surface area contributed by atoms with Crippen molar-refractivity contribution in [3.63, 3.8) is 0 Å². The van der Waals surface area contributed by atoms with Crippen LogP contribution in [0.4, 0.5) is 13.2 Å². The van der Waals surface area contributed by atoms with Gasteiger partial charge < -0.3 is 34.1 Å². The van der Waals surface area contributed by atoms with E-state index in [9.17, 15) is 27.9 Å². The van der Waals surface area contributed by atoms with Crippen molar-refractivity contribution >= 4 is 17.9 Å². The van der Waals surface area contributed by atoms with Gasteiger partial charge in [0.2, 0.25) is 6.10 Å². The Morgan fingerprint density at radius 1 is 0.949 bits per heavy atom. The molecule has 0 amide bonds. The number of unbranched alkanes of at least 4 members (excludes halogenated alkanes) is 11. The van der Waals surface area contributed by atoms with Crippen molar-refractivity contribution < 1.29 is 56.7 Å². The number of benzene rings is 2. The molecule has 4 aliphatic rings. The monoisotopic (exact) mass is 827 g/mol. The third-order valence-corrected chi connectivity index (χ3v) is 12.2. The highest BCUT2D eigenvalue weighted by Gasteiger charge is 2.72. The molecule has 0 radical (unpaired) electrons. The summed E-state index contributed by atoms with van der Waals surface area (Å²) in [7, 11) is 3.67. The number of esters is 2. The standard InChI is InChI=1S/C44H59NO7.C2HF3O2/c1-4-5-6-7-8-9-10-11-12-13-14-15-16-17-21-24-37(46)51-39(32-22-19-18-20-23-32)42(47)50-35-27-28-44(48)36-31-33-25-26-34(49-3)40-38(33)43(44,41(35)52-40)29-30-45(36)2;3-2(4,5)1(6)7/h11-12,18-20,22-23,25-27,36,39,41,48H,4-10,13-17,21,24,28-31H2,1-3H3;(H,6,7)/t36?,39-,41-,43-,44-;/m0./s1. The van der Waals surface area contributed by atoms with Crippen molar-refractivity contribution in [2.45, 2.75) is 152 Å². The van der Waals surface area contributed by atoms with Crippen molar-refractivity contribution in [1.29, 1.82) is 0 Å². The maximum absolute atomic E-state index is 14.0. The van der Waals surface area contributed by atoms with Gasteiger partial charge in [-0.25, -0.2) is 9.59 Å². The molecule has 2 aliphatic heterocycles. The van der Waals surface area contributed by atoms with Crippen LogP contribution in [0.5, 0.6) is 11.5 Å². The van der Waals surface area contributed by atoms with Crippen molar-refractivity contribution in [2.24, 2.45) is 0 Å². The smallest absolute Gasteiger partial charge is 0.490 e. The fraction of sp³-hybridized carbons (Fsp3) is 0.587. The third-order valence-electron chi connectivity index (χ3n) is 12.2. The minimum atomic E-state index is -5.08. The number of carbonyl (C=O) groups is 3. The SMILES string of the molecule is CCCCCCCCC=CCCCCCCCC(=O)O[C@H](C(=O)OC1=CC[C@]2(O)C3Cc4ccc(OC)c5c4[C@@]2(CCN3C)[C@H]1O5)c1ccccc1.O=C(O)C(F)(F)F. The van der Waals surface area contributed by atoms with Gasteiger partial charge in [-0.15, -0.1) is 0 Å². The van der Waals surface area contributed by atoms with Crippen molar-refractivity contribution in [1.82, 2.24) is 4.90 Å². The molecule has 1 fully saturated rings. The summed E-state index contributed by atoms with van der Waals surface area (Å²) < 4.78 is 56.1. The van der Waals surface area contributed by atoms with E-state index in [2.05, 4.69) is 37.1 Å². The predicted molar refractivity (Wildman–Crippen MR) is 216 cm³/mol. The molecule has 13 heteroatoms. The van der Waals surface area contributed by atoms with E-state index in [4.69, 9.17) is 28.8 Å². The molecular formula is C46H60F3NO9. The Hall–Kier alpha value is -4.36. The number of carbonyl (C=O) groups excluding carboxylic acids is 2. The van der Waals surface area contributed by atoms with E-state index in [1.165, 1.54) is 44.9 Å². The van der Waals surface area contributed by atoms with E-state index < -0.39 is 47.3 Å². The summed E-state index contributed by atoms with van der Waals surface area (Å²) in [5.41, 5.74) is 0.734. The molecule has 1 spiro atoms. The normalized spacial score (nSPS) is 23.3. The van der Waals surface area contributed by atoms with Crippen LogP contribution in [0.3, 0.4) is 0 Å². The van der Waals surface area contributed by atoms with Crippen molar-refractivity contribution in [2.75, 3.05) is 20.7 Å². The largest absolute Gasteiger partial charge is 0.493 e. The van der Waals surface area contributed by atoms with Gasteiger partial charge in [-0.3, -0.25) is 4.79 Å². The average Bonchev–Trinajstić information content (AvgIpc) is 3.57. The van der Waals surface area contributed by atoms with E-state index in [0.29, 0.717) is 48.5 Å². The van der Waals surface area contributed by atoms with Crippen LogP contribution in [-0.2, 0) is 35.7 Å². The molecule has 0 saturated carbocycles. The lowest BCUT2D eigenvalue weighted by Gasteiger charge is -2.61. The molecule has 2 heterocycles. The molecule has 5 atom stereocenters. The summed E-state index contributed by atoms with van der Waals surface area (Å²) in [6, 6.07) is 12.9. The van der Waals surface area contributed by atoms with Crippen LogP contribution >= 0.6 is 0 Å². The molecule has 2 aliphatic carbocycles. The first-order valence-corrected chi connectivity index (χ1v) is 21.2. The van der Waals surface area contributed by atoms with Gasteiger partial charge in [0.05, 0.1) is 18.1 Å². The number of carboxylic acid groups (broad SMARTS) is 1. The Bertz CT molecular complexity index is 1800. The van der Waals surface area contributed by atoms with Crippen LogP contribution in [0, 0.1) is 0 Å². The van der Waals surface area contributed by atoms with Crippen molar-refractivity contribution in [3.05, 3.63) is 83.1 Å². The summed E-state index contributed by atoms with van der Waals surface area (Å²) >= 11 is 0. The van der Waals surface area contributed by atoms with Gasteiger partial charge in [0.1, 0.15) is 5.76 Å². The number of nitrogens with zero attached hydrogens (tertiary/aromatic N) is 1. The first-order chi connectivity index (χ1) is 28.3. The fourth-order valence-corrected chi connectivity index (χ4v) is 9.17. The Kier molecular flexibility index (Phi) is 16.1. The number of likely N-dealkylation sites (tertiary alicyclic amines) is 1. The quantitative estimate of drug-likeness (QED) is 0.0756. The molecule has 2 aromatic rings. The predicted octanol–water partition coefficient (Wildman–Crippen LogP) is 9.47. The third kappa shape index (κ3) is 10.5. The minimum absolute atomic E-state index is 0.109. The number of likely N-dealkylation sites (N-methyl/N-ethyl adjacent to an activating group) is 1. The molecule has 2 bridgehead atoms. The average molecular weight is 828 g/mol. The zero-order valence-electron chi connectivity index (χ0n) is 34.6. The van der Waals surface area contributed by atoms with E-state index in [0.717, 1.165) is 49.8 Å². The van der Waals surface area contributed by atoms with Gasteiger partial charge in [0, 0.05) is 30.0 Å². The first-order valence-electron chi connectivity index (χ1n) is 21.2. The van der Waals surface area contributed by atoms with Gasteiger partial charge in [-0.05, 0) is 76.2 Å². The van der Waals surface area contributed by atoms with Crippen LogP contribution in [0.25, 0.3) is 0 Å². The maximum Gasteiger partial charge on any atom is 0.490 e. The molecule has 2 N–H and O–H groups in total. The Morgan fingerprint density at radius 2 is 1.58 bits per heavy atom. The second kappa shape index (κ2) is 20.7. The number of allylic oxidation sites excluding steroid dienone is 2. The van der Waals surface area contributed by atoms with Gasteiger partial charge in [-0.1, -0.05) is 107 Å². The molecule has 0 aromatic heterocycles. The number of hydrogen-bond donors (Lipinski definition) is 2. The van der Waals surface area contributed by atoms with Gasteiger partial charge in [-0.2, -0.15) is 13.2 Å². The lowest BCUT2D eigenvalue weighted by Crippen LogP contribution is -2.74. The number of carboxylic acids is 1. The van der Waals surface area contributed by atoms with Gasteiger partial charge in [0.15, 0.2) is 17.6 Å². The highest BCUT2D eigenvalue weighted by molar-refractivity contribution is 5.82. The minimum Gasteiger partial charge on any atom is -0.493 e. The summed E-state index contributed by atoms with van der Waals surface area (Å²) in [5, 5.41) is 19.6. The molecule has 1 unspecified atom stereocenters. The van der Waals surface area contributed by atoms with Gasteiger partial charge >= 0.3 is 24.1 Å². The molecule has 10 nitrogen and oxygen atoms in total. The maximum atomic E-state index is 14.0. The van der Waals surface area contributed by atoms with Crippen LogP contribution in [-0.4, -0.2) is 77.6 Å². The second-order valence-electron chi connectivity index (χ2n) is 16.1. The number of alkyl halides is 3. The van der Waals surface area contributed by atoms with Crippen LogP contribution in [0.1, 0.15) is 132 Å². The lowest BCUT2D eigenvalue weighted by atomic mass is 9.50. The summed E-state index contributed by atoms with van der Waals surface area (Å²) in [6.07, 6.45) is 16.6. The van der Waals surface area contributed by atoms with Crippen LogP contribution in [0.15, 0.2) is 66.5 Å². The summed E-state index contributed by atoms with van der Waals surface area (Å²) in [4.78, 5) is 38.3. The second-order valence-corrected chi connectivity index (χ2v) is 16.1. The van der Waals surface area contributed by atoms with E-state index in [-0.39, 0.29) is 12.5 Å². The Morgan fingerprint density at radius 3 is 2.20 bits per heavy atom. The zero-order chi connectivity index (χ0) is 42.6. The highest BCUT2D eigenvalue weighted by atomic mass is 19.4. The Labute approximate surface area is 345 Å². The van der Waals surface area contributed by atoms with E-state index >= 15 is 0 Å². The molecule has 2 aromatic carbocycles. The van der Waals surface area contributed by atoms with Crippen LogP contribution in [0.2, 0.25) is 0 Å². The van der Waals surface area contributed by atoms with Crippen molar-refractivity contribution in [3.8, 4) is 11.5 Å². The Balaban J connectivity index is 0.000000867. The molecule has 324 valence electrons. The number of halogens is 3. The highest BCUT2D eigenvalue weighted by Crippen LogP contribution is 2.65. The number of hydrogen-bond acceptors (Lipinski definition) is 9. The number of piperidine rings is 1. The number of methoxy groups -OCH3 is 1. The zero-order valence-corrected chi connectivity index (χ0v) is 34.6. The molecule has 6 rings (SSSR count). The number of ether oxygens (including phenoxy) is 4. The summed E-state index contributed by atoms with van der Waals surface area (Å²) in [5.74, 6) is -2.30. The van der Waals surface area contributed by atoms with Gasteiger partial charge in [0.25, 0.3) is 0 Å². The molecule has 1 saturated heterocycles. The number of rotatable bonds is 20. The van der Waals surface area contributed by atoms with E-state index in [1.807, 2.05) is 24.3 Å². The molecule has 59 heavy (non-hydrogen) atoms. The van der Waals surface area contributed by atoms with Crippen LogP contribution < -0.4 is 9.47 Å². The topological polar surface area (TPSA) is 132 Å².